The molecule has 0 radical (unpaired) electrons. The van der Waals surface area contributed by atoms with Gasteiger partial charge in [0.15, 0.2) is 11.5 Å². The van der Waals surface area contributed by atoms with Crippen LogP contribution in [0.1, 0.15) is 0 Å². The summed E-state index contributed by atoms with van der Waals surface area (Å²) in [7, 11) is 0. The van der Waals surface area contributed by atoms with Gasteiger partial charge < -0.3 is 21.3 Å². The molecule has 0 aromatic heterocycles. The van der Waals surface area contributed by atoms with Crippen molar-refractivity contribution in [2.45, 2.75) is 0 Å². The van der Waals surface area contributed by atoms with E-state index in [2.05, 4.69) is 0 Å². The highest BCUT2D eigenvalue weighted by molar-refractivity contribution is 5.85. The van der Waals surface area contributed by atoms with Crippen molar-refractivity contribution < 1.29 is 9.84 Å². The summed E-state index contributed by atoms with van der Waals surface area (Å²) in [5, 5.41) is 9.00. The van der Waals surface area contributed by atoms with Crippen molar-refractivity contribution in [2.24, 2.45) is 0 Å². The number of ether oxygens (including phenoxy) is 1. The molecule has 10 heavy (non-hydrogen) atoms. The van der Waals surface area contributed by atoms with Gasteiger partial charge in [0.2, 0.25) is 0 Å². The summed E-state index contributed by atoms with van der Waals surface area (Å²) in [5.74, 6) is 0.933. The third-order valence-corrected chi connectivity index (χ3v) is 1.51. The molecule has 0 atom stereocenters. The van der Waals surface area contributed by atoms with Gasteiger partial charge in [-0.05, 0) is 0 Å². The molecule has 3 rings (SSSR count). The fraction of sp³-hybridized carbons (Fsp3) is 0. The number of hydrogen-bond donors (Lipinski definition) is 3. The van der Waals surface area contributed by atoms with Gasteiger partial charge >= 0.3 is 0 Å². The topological polar surface area (TPSA) is 81.5 Å². The molecule has 0 aliphatic carbocycles. The van der Waals surface area contributed by atoms with E-state index in [1.807, 2.05) is 0 Å². The fourth-order valence-corrected chi connectivity index (χ4v) is 0.911. The highest BCUT2D eigenvalue weighted by atomic mass is 16.5. The monoisotopic (exact) mass is 138 g/mol. The predicted octanol–water partition coefficient (Wildman–Crippen LogP) is 0.662. The third-order valence-electron chi connectivity index (χ3n) is 1.51. The molecule has 4 nitrogen and oxygen atoms in total. The van der Waals surface area contributed by atoms with Crippen LogP contribution in [0.25, 0.3) is 0 Å². The average molecular weight is 138 g/mol. The maximum Gasteiger partial charge on any atom is 0.180 e. The highest BCUT2D eigenvalue weighted by Crippen LogP contribution is 2.53. The maximum atomic E-state index is 9.00. The molecule has 4 heteroatoms. The number of fused-ring (bicyclic) bond motifs is 2. The van der Waals surface area contributed by atoms with Gasteiger partial charge in [0.1, 0.15) is 17.1 Å². The van der Waals surface area contributed by atoms with Crippen molar-refractivity contribution in [3.63, 3.8) is 0 Å². The van der Waals surface area contributed by atoms with Gasteiger partial charge in [-0.1, -0.05) is 0 Å². The van der Waals surface area contributed by atoms with Crippen LogP contribution < -0.4 is 16.2 Å². The second-order valence-corrected chi connectivity index (χ2v) is 2.15. The molecule has 0 saturated heterocycles. The zero-order chi connectivity index (χ0) is 7.30. The van der Waals surface area contributed by atoms with E-state index in [4.69, 9.17) is 21.3 Å². The second kappa shape index (κ2) is 1.29. The molecule has 0 spiro atoms. The van der Waals surface area contributed by atoms with E-state index in [1.54, 1.807) is 0 Å². The van der Waals surface area contributed by atoms with E-state index >= 15 is 0 Å². The van der Waals surface area contributed by atoms with Gasteiger partial charge in [0, 0.05) is 6.07 Å². The van der Waals surface area contributed by atoms with Gasteiger partial charge in [0.25, 0.3) is 0 Å². The van der Waals surface area contributed by atoms with Crippen LogP contribution in [0, 0.1) is 0 Å². The van der Waals surface area contributed by atoms with Gasteiger partial charge in [0.05, 0.1) is 0 Å². The SMILES string of the molecule is Nc1c(O)cc2c(N)c1O2. The van der Waals surface area contributed by atoms with E-state index in [1.165, 1.54) is 6.07 Å². The molecule has 2 bridgehead atoms. The van der Waals surface area contributed by atoms with E-state index in [9.17, 15) is 0 Å². The Morgan fingerprint density at radius 3 is 2.40 bits per heavy atom. The molecule has 0 unspecified atom stereocenters. The molecule has 5 N–H and O–H groups in total. The molecule has 2 heterocycles. The summed E-state index contributed by atoms with van der Waals surface area (Å²) in [5.41, 5.74) is 11.6. The first-order chi connectivity index (χ1) is 4.70. The first-order valence-electron chi connectivity index (χ1n) is 2.79. The van der Waals surface area contributed by atoms with Crippen molar-refractivity contribution >= 4 is 11.4 Å². The Bertz CT molecular complexity index is 300. The lowest BCUT2D eigenvalue weighted by atomic mass is 10.1. The number of nitrogen functional groups attached to an aromatic ring is 2. The molecule has 0 saturated carbocycles. The molecule has 52 valence electrons. The van der Waals surface area contributed by atoms with Crippen molar-refractivity contribution in [1.29, 1.82) is 0 Å². The van der Waals surface area contributed by atoms with Crippen molar-refractivity contribution in [1.82, 2.24) is 0 Å². The summed E-state index contributed by atoms with van der Waals surface area (Å²) in [6.07, 6.45) is 0. The quantitative estimate of drug-likeness (QED) is 0.284. The van der Waals surface area contributed by atoms with E-state index in [0.717, 1.165) is 0 Å². The Balaban J connectivity index is 2.74. The van der Waals surface area contributed by atoms with Gasteiger partial charge in [-0.3, -0.25) is 0 Å². The lowest BCUT2D eigenvalue weighted by Gasteiger charge is -2.23. The number of nitrogens with two attached hydrogens (primary N) is 2. The standard InChI is InChI=1S/C6H6N2O2/c7-4-2(9)1-3-5(8)6(4)10-3/h1,9H,7-8H2. The predicted molar refractivity (Wildman–Crippen MR) is 37.0 cm³/mol. The minimum atomic E-state index is 0.0328. The largest absolute Gasteiger partial charge is 0.505 e. The Kier molecular flexibility index (Phi) is 0.672. The molecular weight excluding hydrogens is 132 g/mol. The van der Waals surface area contributed by atoms with Crippen LogP contribution in [0.2, 0.25) is 0 Å². The Labute approximate surface area is 57.0 Å². The van der Waals surface area contributed by atoms with Gasteiger partial charge in [-0.25, -0.2) is 0 Å². The van der Waals surface area contributed by atoms with Crippen LogP contribution in [0.5, 0.6) is 17.2 Å². The van der Waals surface area contributed by atoms with Crippen LogP contribution >= 0.6 is 0 Å². The van der Waals surface area contributed by atoms with Crippen LogP contribution in [0.15, 0.2) is 6.07 Å². The summed E-state index contributed by atoms with van der Waals surface area (Å²) in [4.78, 5) is 0. The summed E-state index contributed by atoms with van der Waals surface area (Å²) in [6.45, 7) is 0. The lowest BCUT2D eigenvalue weighted by molar-refractivity contribution is 0.421. The van der Waals surface area contributed by atoms with E-state index < -0.39 is 0 Å². The van der Waals surface area contributed by atoms with E-state index in [-0.39, 0.29) is 11.4 Å². The molecule has 2 aliphatic rings. The fourth-order valence-electron chi connectivity index (χ4n) is 0.911. The molecule has 0 amide bonds. The normalized spacial score (nSPS) is 12.0. The van der Waals surface area contributed by atoms with Gasteiger partial charge in [-0.15, -0.1) is 0 Å². The number of aromatic hydroxyl groups is 1. The lowest BCUT2D eigenvalue weighted by Crippen LogP contribution is -2.07. The minimum Gasteiger partial charge on any atom is -0.505 e. The molecule has 1 aromatic rings. The number of anilines is 2. The Morgan fingerprint density at radius 1 is 1.30 bits per heavy atom. The molecular formula is C6H6N2O2. The smallest absolute Gasteiger partial charge is 0.180 e. The van der Waals surface area contributed by atoms with Crippen molar-refractivity contribution in [2.75, 3.05) is 11.5 Å². The number of benzene rings is 1. The van der Waals surface area contributed by atoms with Crippen LogP contribution in [-0.2, 0) is 0 Å². The van der Waals surface area contributed by atoms with Crippen molar-refractivity contribution in [3.8, 4) is 17.2 Å². The van der Waals surface area contributed by atoms with E-state index in [0.29, 0.717) is 17.2 Å². The molecule has 0 fully saturated rings. The zero-order valence-corrected chi connectivity index (χ0v) is 5.09. The van der Waals surface area contributed by atoms with Crippen LogP contribution in [0.3, 0.4) is 0 Å². The first kappa shape index (κ1) is 5.22. The zero-order valence-electron chi connectivity index (χ0n) is 5.09. The summed E-state index contributed by atoms with van der Waals surface area (Å²) < 4.78 is 4.94. The number of phenolic OH excluding ortho intramolecular Hbond substituents is 1. The Morgan fingerprint density at radius 2 is 2.00 bits per heavy atom. The summed E-state index contributed by atoms with van der Waals surface area (Å²) in [6, 6.07) is 1.40. The van der Waals surface area contributed by atoms with Crippen molar-refractivity contribution in [3.05, 3.63) is 6.07 Å². The number of phenols is 1. The maximum absolute atomic E-state index is 9.00. The molecule has 2 aliphatic heterocycles. The number of hydrogen-bond acceptors (Lipinski definition) is 4. The highest BCUT2D eigenvalue weighted by Gasteiger charge is 2.25. The average Bonchev–Trinajstić information content (AvgIpc) is 1.92. The second-order valence-electron chi connectivity index (χ2n) is 2.15. The first-order valence-corrected chi connectivity index (χ1v) is 2.79. The van der Waals surface area contributed by atoms with Gasteiger partial charge in [-0.2, -0.15) is 0 Å². The number of rotatable bonds is 0. The van der Waals surface area contributed by atoms with Crippen LogP contribution in [0.4, 0.5) is 11.4 Å². The Hall–Kier alpha value is -1.58. The minimum absolute atomic E-state index is 0.0328. The summed E-state index contributed by atoms with van der Waals surface area (Å²) >= 11 is 0. The third kappa shape index (κ3) is 0.375. The molecule has 1 aromatic carbocycles. The van der Waals surface area contributed by atoms with Crippen LogP contribution in [-0.4, -0.2) is 5.11 Å².